The Hall–Kier alpha value is -6.16. The highest BCUT2D eigenvalue weighted by atomic mass is 19.2. The topological polar surface area (TPSA) is 210 Å². The molecule has 3 aromatic heterocycles. The molecule has 2 amide bonds. The summed E-state index contributed by atoms with van der Waals surface area (Å²) in [5.41, 5.74) is 13.7. The SMILES string of the molecule is CCc1cc(Nc2nccn3c(-c4ccc(Oc5ccccn5)c(F)c4F)cnc23)ccc1C(=O)NCCNC(=O)C(N)CCCNC(=N)N. The van der Waals surface area contributed by atoms with E-state index in [1.54, 1.807) is 34.9 Å². The molecule has 0 fully saturated rings. The lowest BCUT2D eigenvalue weighted by atomic mass is 10.0. The van der Waals surface area contributed by atoms with Gasteiger partial charge in [0.25, 0.3) is 5.91 Å². The second-order valence-corrected chi connectivity index (χ2v) is 11.1. The molecule has 5 rings (SSSR count). The molecule has 0 aliphatic heterocycles. The smallest absolute Gasteiger partial charge is 0.251 e. The van der Waals surface area contributed by atoms with Gasteiger partial charge in [-0.05, 0) is 61.2 Å². The Morgan fingerprint density at radius 2 is 1.80 bits per heavy atom. The highest BCUT2D eigenvalue weighted by Crippen LogP contribution is 2.33. The lowest BCUT2D eigenvalue weighted by Crippen LogP contribution is -2.44. The van der Waals surface area contributed by atoms with E-state index in [-0.39, 0.29) is 48.1 Å². The van der Waals surface area contributed by atoms with Gasteiger partial charge in [0.05, 0.1) is 17.9 Å². The van der Waals surface area contributed by atoms with Crippen LogP contribution in [0.2, 0.25) is 0 Å². The Kier molecular flexibility index (Phi) is 11.5. The molecule has 0 saturated heterocycles. The number of imidazole rings is 1. The fourth-order valence-electron chi connectivity index (χ4n) is 5.12. The van der Waals surface area contributed by atoms with Gasteiger partial charge in [0, 0.05) is 61.1 Å². The van der Waals surface area contributed by atoms with Gasteiger partial charge >= 0.3 is 0 Å². The van der Waals surface area contributed by atoms with Crippen LogP contribution < -0.4 is 37.5 Å². The van der Waals surface area contributed by atoms with Crippen molar-refractivity contribution in [3.05, 3.63) is 96.1 Å². The van der Waals surface area contributed by atoms with Gasteiger partial charge in [0.2, 0.25) is 17.6 Å². The first kappa shape index (κ1) is 35.2. The highest BCUT2D eigenvalue weighted by molar-refractivity contribution is 5.96. The maximum Gasteiger partial charge on any atom is 0.251 e. The van der Waals surface area contributed by atoms with Crippen molar-refractivity contribution in [3.8, 4) is 22.9 Å². The van der Waals surface area contributed by atoms with Crippen LogP contribution in [0, 0.1) is 17.0 Å². The summed E-state index contributed by atoms with van der Waals surface area (Å²) in [5.74, 6) is -2.84. The Balaban J connectivity index is 1.22. The number of anilines is 2. The van der Waals surface area contributed by atoms with Gasteiger partial charge in [-0.1, -0.05) is 13.0 Å². The number of benzene rings is 2. The molecule has 0 radical (unpaired) electrons. The molecule has 5 aromatic rings. The zero-order valence-corrected chi connectivity index (χ0v) is 27.2. The summed E-state index contributed by atoms with van der Waals surface area (Å²) in [5, 5.41) is 18.5. The molecular weight excluding hydrogens is 648 g/mol. The largest absolute Gasteiger partial charge is 0.436 e. The van der Waals surface area contributed by atoms with Crippen LogP contribution in [0.5, 0.6) is 11.6 Å². The number of carbonyl (C=O) groups excluding carboxylic acids is 2. The third-order valence-corrected chi connectivity index (χ3v) is 7.65. The number of nitrogens with zero attached hydrogens (tertiary/aromatic N) is 4. The van der Waals surface area contributed by atoms with Gasteiger partial charge in [0.15, 0.2) is 29.0 Å². The van der Waals surface area contributed by atoms with Crippen LogP contribution >= 0.6 is 0 Å². The average Bonchev–Trinajstić information content (AvgIpc) is 3.55. The Morgan fingerprint density at radius 1 is 0.980 bits per heavy atom. The minimum absolute atomic E-state index is 0.0229. The summed E-state index contributed by atoms with van der Waals surface area (Å²) in [4.78, 5) is 38.0. The number of rotatable bonds is 15. The minimum atomic E-state index is -1.16. The lowest BCUT2D eigenvalue weighted by molar-refractivity contribution is -0.122. The number of pyridine rings is 1. The van der Waals surface area contributed by atoms with E-state index in [2.05, 4.69) is 36.2 Å². The van der Waals surface area contributed by atoms with E-state index in [1.807, 2.05) is 13.0 Å². The van der Waals surface area contributed by atoms with E-state index in [0.717, 1.165) is 5.56 Å². The minimum Gasteiger partial charge on any atom is -0.436 e. The molecule has 2 aromatic carbocycles. The van der Waals surface area contributed by atoms with Gasteiger partial charge in [0.1, 0.15) is 0 Å². The van der Waals surface area contributed by atoms with Gasteiger partial charge in [-0.15, -0.1) is 0 Å². The molecule has 0 spiro atoms. The summed E-state index contributed by atoms with van der Waals surface area (Å²) in [7, 11) is 0. The highest BCUT2D eigenvalue weighted by Gasteiger charge is 2.21. The molecule has 9 N–H and O–H groups in total. The first-order chi connectivity index (χ1) is 24.2. The fraction of sp³-hybridized carbons (Fsp3) is 0.235. The number of fused-ring (bicyclic) bond motifs is 1. The van der Waals surface area contributed by atoms with Crippen LogP contribution in [0.25, 0.3) is 16.9 Å². The molecule has 1 unspecified atom stereocenters. The van der Waals surface area contributed by atoms with E-state index >= 15 is 8.78 Å². The van der Waals surface area contributed by atoms with E-state index in [0.29, 0.717) is 54.2 Å². The van der Waals surface area contributed by atoms with Gasteiger partial charge in [-0.2, -0.15) is 4.39 Å². The van der Waals surface area contributed by atoms with Gasteiger partial charge in [-0.25, -0.2) is 19.3 Å². The molecule has 260 valence electrons. The van der Waals surface area contributed by atoms with Crippen molar-refractivity contribution in [1.82, 2.24) is 35.3 Å². The zero-order chi connectivity index (χ0) is 35.6. The molecule has 3 heterocycles. The maximum absolute atomic E-state index is 15.3. The number of ether oxygens (including phenoxy) is 1. The Morgan fingerprint density at radius 3 is 2.56 bits per heavy atom. The number of carbonyl (C=O) groups is 2. The summed E-state index contributed by atoms with van der Waals surface area (Å²) in [6, 6.07) is 12.1. The second kappa shape index (κ2) is 16.3. The summed E-state index contributed by atoms with van der Waals surface area (Å²) in [6.07, 6.45) is 7.55. The van der Waals surface area contributed by atoms with Gasteiger partial charge < -0.3 is 37.5 Å². The van der Waals surface area contributed by atoms with Crippen molar-refractivity contribution in [2.45, 2.75) is 32.2 Å². The Bertz CT molecular complexity index is 1990. The summed E-state index contributed by atoms with van der Waals surface area (Å²) >= 11 is 0. The molecule has 50 heavy (non-hydrogen) atoms. The number of nitrogens with one attached hydrogen (secondary N) is 5. The molecule has 0 bridgehead atoms. The molecule has 0 saturated carbocycles. The number of amides is 2. The quantitative estimate of drug-likeness (QED) is 0.0484. The normalized spacial score (nSPS) is 11.5. The predicted molar refractivity (Wildman–Crippen MR) is 184 cm³/mol. The van der Waals surface area contributed by atoms with Crippen LogP contribution in [0.15, 0.2) is 73.3 Å². The molecule has 0 aliphatic carbocycles. The monoisotopic (exact) mass is 685 g/mol. The zero-order valence-electron chi connectivity index (χ0n) is 27.2. The van der Waals surface area contributed by atoms with Crippen LogP contribution in [0.4, 0.5) is 20.3 Å². The number of aryl methyl sites for hydroxylation is 1. The molecule has 16 heteroatoms. The number of halogens is 2. The summed E-state index contributed by atoms with van der Waals surface area (Å²) in [6.45, 7) is 2.77. The van der Waals surface area contributed by atoms with E-state index < -0.39 is 17.7 Å². The molecule has 14 nitrogen and oxygen atoms in total. The number of nitrogens with two attached hydrogens (primary N) is 2. The predicted octanol–water partition coefficient (Wildman–Crippen LogP) is 3.60. The van der Waals surface area contributed by atoms with Crippen molar-refractivity contribution >= 4 is 34.9 Å². The van der Waals surface area contributed by atoms with Crippen molar-refractivity contribution in [3.63, 3.8) is 0 Å². The van der Waals surface area contributed by atoms with Gasteiger partial charge in [-0.3, -0.25) is 19.4 Å². The second-order valence-electron chi connectivity index (χ2n) is 11.1. The van der Waals surface area contributed by atoms with Crippen LogP contribution in [0.3, 0.4) is 0 Å². The van der Waals surface area contributed by atoms with Crippen LogP contribution in [0.1, 0.15) is 35.7 Å². The third kappa shape index (κ3) is 8.46. The van der Waals surface area contributed by atoms with E-state index in [1.165, 1.54) is 36.8 Å². The maximum atomic E-state index is 15.3. The number of guanidine groups is 1. The standard InChI is InChI=1S/C34H37F2N11O3/c1-2-20-18-21(8-9-22(20)32(48)42-14-15-43-33(49)24(37)6-5-13-44-34(38)39)46-30-31-45-19-25(47(31)17-16-41-30)23-10-11-26(29(36)28(23)35)50-27-7-3-4-12-40-27/h3-4,7-12,16-19,24H,2,5-6,13-15,37H2,1H3,(H,41,46)(H,42,48)(H,43,49)(H4,38,39,44). The van der Waals surface area contributed by atoms with E-state index in [9.17, 15) is 9.59 Å². The van der Waals surface area contributed by atoms with Crippen molar-refractivity contribution < 1.29 is 23.1 Å². The van der Waals surface area contributed by atoms with Crippen molar-refractivity contribution in [1.29, 1.82) is 5.41 Å². The molecular formula is C34H37F2N11O3. The number of hydrogen-bond donors (Lipinski definition) is 7. The average molecular weight is 686 g/mol. The summed E-state index contributed by atoms with van der Waals surface area (Å²) < 4.78 is 37.4. The lowest BCUT2D eigenvalue weighted by Gasteiger charge is -2.14. The third-order valence-electron chi connectivity index (χ3n) is 7.65. The number of hydrogen-bond acceptors (Lipinski definition) is 9. The van der Waals surface area contributed by atoms with Crippen molar-refractivity contribution in [2.24, 2.45) is 11.5 Å². The molecule has 0 aliphatic rings. The van der Waals surface area contributed by atoms with Crippen LogP contribution in [-0.4, -0.2) is 62.8 Å². The van der Waals surface area contributed by atoms with Crippen molar-refractivity contribution in [2.75, 3.05) is 25.0 Å². The Labute approximate surface area is 286 Å². The number of aromatic nitrogens is 4. The first-order valence-electron chi connectivity index (χ1n) is 15.8. The van der Waals surface area contributed by atoms with E-state index in [4.69, 9.17) is 21.6 Å². The fourth-order valence-corrected chi connectivity index (χ4v) is 5.12. The first-order valence-corrected chi connectivity index (χ1v) is 15.8. The molecule has 1 atom stereocenters. The van der Waals surface area contributed by atoms with Crippen LogP contribution in [-0.2, 0) is 11.2 Å².